The Morgan fingerprint density at radius 1 is 1.45 bits per heavy atom. The Kier molecular flexibility index (Phi) is 4.76. The second-order valence-electron chi connectivity index (χ2n) is 4.58. The van der Waals surface area contributed by atoms with Crippen molar-refractivity contribution in [2.75, 3.05) is 7.11 Å². The van der Waals surface area contributed by atoms with Gasteiger partial charge in [-0.15, -0.1) is 0 Å². The maximum absolute atomic E-state index is 12.0. The van der Waals surface area contributed by atoms with Gasteiger partial charge in [0.1, 0.15) is 5.76 Å². The van der Waals surface area contributed by atoms with Crippen LogP contribution in [0.1, 0.15) is 29.5 Å². The third-order valence-corrected chi connectivity index (χ3v) is 2.99. The molecule has 5 heteroatoms. The van der Waals surface area contributed by atoms with Crippen LogP contribution in [0.3, 0.4) is 0 Å². The average Bonchev–Trinajstić information content (AvgIpc) is 2.98. The molecule has 0 saturated carbocycles. The fourth-order valence-corrected chi connectivity index (χ4v) is 1.83. The minimum atomic E-state index is -0.132. The molecule has 0 spiro atoms. The molecule has 0 radical (unpaired) electrons. The van der Waals surface area contributed by atoms with Crippen molar-refractivity contribution in [1.29, 1.82) is 0 Å². The number of amides is 1. The number of aromatic nitrogens is 1. The van der Waals surface area contributed by atoms with E-state index in [0.717, 1.165) is 18.6 Å². The Balaban J connectivity index is 1.83. The minimum Gasteiger partial charge on any atom is -0.481 e. The predicted octanol–water partition coefficient (Wildman–Crippen LogP) is 2.43. The van der Waals surface area contributed by atoms with E-state index in [-0.39, 0.29) is 11.9 Å². The monoisotopic (exact) mass is 274 g/mol. The van der Waals surface area contributed by atoms with Gasteiger partial charge in [-0.2, -0.15) is 0 Å². The van der Waals surface area contributed by atoms with Crippen molar-refractivity contribution in [1.82, 2.24) is 10.3 Å². The van der Waals surface area contributed by atoms with E-state index in [1.807, 2.05) is 19.1 Å². The summed E-state index contributed by atoms with van der Waals surface area (Å²) in [6.45, 7) is 1.97. The lowest BCUT2D eigenvalue weighted by Crippen LogP contribution is -2.32. The number of aryl methyl sites for hydroxylation is 1. The molecule has 1 N–H and O–H groups in total. The number of carbonyl (C=O) groups is 1. The van der Waals surface area contributed by atoms with Gasteiger partial charge in [-0.25, -0.2) is 4.98 Å². The van der Waals surface area contributed by atoms with E-state index in [1.165, 1.54) is 6.20 Å². The number of nitrogens with zero attached hydrogens (tertiary/aromatic N) is 1. The lowest BCUT2D eigenvalue weighted by molar-refractivity contribution is 0.0937. The number of rotatable bonds is 6. The summed E-state index contributed by atoms with van der Waals surface area (Å²) in [5.41, 5.74) is 0.524. The van der Waals surface area contributed by atoms with E-state index in [1.54, 1.807) is 25.5 Å². The van der Waals surface area contributed by atoms with Gasteiger partial charge in [0, 0.05) is 24.7 Å². The van der Waals surface area contributed by atoms with Crippen LogP contribution in [0.2, 0.25) is 0 Å². The highest BCUT2D eigenvalue weighted by Gasteiger charge is 2.11. The molecule has 1 amide bonds. The summed E-state index contributed by atoms with van der Waals surface area (Å²) in [5.74, 6) is 1.29. The number of hydrogen-bond donors (Lipinski definition) is 1. The molecule has 0 aliphatic rings. The first-order chi connectivity index (χ1) is 9.69. The van der Waals surface area contributed by atoms with Gasteiger partial charge in [0.15, 0.2) is 0 Å². The molecular weight excluding hydrogens is 256 g/mol. The molecule has 0 bridgehead atoms. The van der Waals surface area contributed by atoms with E-state index < -0.39 is 0 Å². The molecule has 106 valence electrons. The van der Waals surface area contributed by atoms with Gasteiger partial charge >= 0.3 is 0 Å². The van der Waals surface area contributed by atoms with Crippen molar-refractivity contribution in [2.24, 2.45) is 0 Å². The molecule has 0 saturated heterocycles. The number of furan rings is 1. The number of ether oxygens (including phenoxy) is 1. The Morgan fingerprint density at radius 3 is 2.90 bits per heavy atom. The van der Waals surface area contributed by atoms with Gasteiger partial charge < -0.3 is 14.5 Å². The molecule has 2 aromatic heterocycles. The number of pyridine rings is 1. The van der Waals surface area contributed by atoms with E-state index in [0.29, 0.717) is 11.4 Å². The summed E-state index contributed by atoms with van der Waals surface area (Å²) in [5, 5.41) is 2.93. The highest BCUT2D eigenvalue weighted by Crippen LogP contribution is 2.08. The molecule has 2 heterocycles. The van der Waals surface area contributed by atoms with Crippen LogP contribution in [-0.4, -0.2) is 24.0 Å². The molecule has 2 aromatic rings. The summed E-state index contributed by atoms with van der Waals surface area (Å²) in [4.78, 5) is 16.0. The van der Waals surface area contributed by atoms with Crippen LogP contribution < -0.4 is 10.1 Å². The summed E-state index contributed by atoms with van der Waals surface area (Å²) in [6, 6.07) is 7.22. The van der Waals surface area contributed by atoms with Crippen LogP contribution in [-0.2, 0) is 6.42 Å². The zero-order valence-electron chi connectivity index (χ0n) is 11.6. The van der Waals surface area contributed by atoms with E-state index in [4.69, 9.17) is 9.15 Å². The van der Waals surface area contributed by atoms with Gasteiger partial charge in [-0.3, -0.25) is 4.79 Å². The molecule has 20 heavy (non-hydrogen) atoms. The molecule has 0 fully saturated rings. The minimum absolute atomic E-state index is 0.0645. The summed E-state index contributed by atoms with van der Waals surface area (Å²) >= 11 is 0. The molecule has 0 aliphatic carbocycles. The van der Waals surface area contributed by atoms with Crippen molar-refractivity contribution in [3.8, 4) is 5.88 Å². The van der Waals surface area contributed by atoms with Crippen molar-refractivity contribution in [3.63, 3.8) is 0 Å². The Labute approximate surface area is 118 Å². The van der Waals surface area contributed by atoms with Crippen LogP contribution >= 0.6 is 0 Å². The zero-order chi connectivity index (χ0) is 14.4. The Hall–Kier alpha value is -2.30. The van der Waals surface area contributed by atoms with Crippen molar-refractivity contribution >= 4 is 5.91 Å². The lowest BCUT2D eigenvalue weighted by Gasteiger charge is -2.13. The first-order valence-corrected chi connectivity index (χ1v) is 6.52. The van der Waals surface area contributed by atoms with Crippen LogP contribution in [0.5, 0.6) is 5.88 Å². The average molecular weight is 274 g/mol. The lowest BCUT2D eigenvalue weighted by atomic mass is 10.1. The number of hydrogen-bond acceptors (Lipinski definition) is 4. The number of methoxy groups -OCH3 is 1. The molecule has 1 unspecified atom stereocenters. The Morgan fingerprint density at radius 2 is 2.30 bits per heavy atom. The third kappa shape index (κ3) is 3.85. The van der Waals surface area contributed by atoms with Gasteiger partial charge in [0.05, 0.1) is 18.9 Å². The van der Waals surface area contributed by atoms with Crippen LogP contribution in [0, 0.1) is 0 Å². The molecular formula is C15H18N2O3. The van der Waals surface area contributed by atoms with Gasteiger partial charge in [0.2, 0.25) is 5.88 Å². The predicted molar refractivity (Wildman–Crippen MR) is 74.7 cm³/mol. The summed E-state index contributed by atoms with van der Waals surface area (Å²) < 4.78 is 10.2. The molecule has 0 aliphatic heterocycles. The molecule has 0 aromatic carbocycles. The van der Waals surface area contributed by atoms with Gasteiger partial charge in [0.25, 0.3) is 5.91 Å². The van der Waals surface area contributed by atoms with E-state index in [9.17, 15) is 4.79 Å². The topological polar surface area (TPSA) is 64.4 Å². The largest absolute Gasteiger partial charge is 0.481 e. The number of nitrogens with one attached hydrogen (secondary N) is 1. The summed E-state index contributed by atoms with van der Waals surface area (Å²) in [6.07, 6.45) is 4.78. The van der Waals surface area contributed by atoms with E-state index >= 15 is 0 Å². The smallest absolute Gasteiger partial charge is 0.253 e. The SMILES string of the molecule is COc1ccc(C(=O)NC(C)CCc2ccco2)cn1. The zero-order valence-corrected chi connectivity index (χ0v) is 11.6. The van der Waals surface area contributed by atoms with E-state index in [2.05, 4.69) is 10.3 Å². The maximum Gasteiger partial charge on any atom is 0.253 e. The fourth-order valence-electron chi connectivity index (χ4n) is 1.83. The Bertz CT molecular complexity index is 535. The standard InChI is InChI=1S/C15H18N2O3/c1-11(5-7-13-4-3-9-20-13)17-15(18)12-6-8-14(19-2)16-10-12/h3-4,6,8-11H,5,7H2,1-2H3,(H,17,18). The summed E-state index contributed by atoms with van der Waals surface area (Å²) in [7, 11) is 1.54. The van der Waals surface area contributed by atoms with Crippen LogP contribution in [0.4, 0.5) is 0 Å². The molecule has 1 atom stereocenters. The molecule has 5 nitrogen and oxygen atoms in total. The number of carbonyl (C=O) groups excluding carboxylic acids is 1. The van der Waals surface area contributed by atoms with Crippen molar-refractivity contribution < 1.29 is 13.9 Å². The van der Waals surface area contributed by atoms with Crippen molar-refractivity contribution in [2.45, 2.75) is 25.8 Å². The van der Waals surface area contributed by atoms with Gasteiger partial charge in [-0.1, -0.05) is 0 Å². The molecule has 2 rings (SSSR count). The first kappa shape index (κ1) is 14.1. The third-order valence-electron chi connectivity index (χ3n) is 2.99. The maximum atomic E-state index is 12.0. The highest BCUT2D eigenvalue weighted by atomic mass is 16.5. The highest BCUT2D eigenvalue weighted by molar-refractivity contribution is 5.94. The fraction of sp³-hybridized carbons (Fsp3) is 0.333. The van der Waals surface area contributed by atoms with Crippen molar-refractivity contribution in [3.05, 3.63) is 48.0 Å². The second kappa shape index (κ2) is 6.75. The van der Waals surface area contributed by atoms with Gasteiger partial charge in [-0.05, 0) is 31.5 Å². The first-order valence-electron chi connectivity index (χ1n) is 6.52. The second-order valence-corrected chi connectivity index (χ2v) is 4.58. The van der Waals surface area contributed by atoms with Crippen LogP contribution in [0.25, 0.3) is 0 Å². The quantitative estimate of drug-likeness (QED) is 0.878. The van der Waals surface area contributed by atoms with Crippen LogP contribution in [0.15, 0.2) is 41.1 Å². The normalized spacial score (nSPS) is 11.9.